The molecule has 0 bridgehead atoms. The lowest BCUT2D eigenvalue weighted by molar-refractivity contribution is 0.270. The number of hydrogen-bond donors (Lipinski definition) is 1. The fraction of sp³-hybridized carbons (Fsp3) is 0.800. The van der Waals surface area contributed by atoms with Crippen molar-refractivity contribution in [2.75, 3.05) is 38.1 Å². The Morgan fingerprint density at radius 3 is 2.95 bits per heavy atom. The third-order valence-electron chi connectivity index (χ3n) is 4.13. The van der Waals surface area contributed by atoms with Crippen LogP contribution < -0.4 is 10.2 Å². The first kappa shape index (κ1) is 15.7. The van der Waals surface area contributed by atoms with Gasteiger partial charge in [0.2, 0.25) is 0 Å². The summed E-state index contributed by atoms with van der Waals surface area (Å²) in [5.41, 5.74) is 1.18. The number of nitrogens with one attached hydrogen (secondary N) is 1. The molecule has 20 heavy (non-hydrogen) atoms. The highest BCUT2D eigenvalue weighted by molar-refractivity contribution is 7.15. The number of hydrogen-bond acceptors (Lipinski definition) is 5. The van der Waals surface area contributed by atoms with Crippen molar-refractivity contribution in [2.45, 2.75) is 46.2 Å². The third-order valence-corrected chi connectivity index (χ3v) is 5.41. The predicted octanol–water partition coefficient (Wildman–Crippen LogP) is 2.48. The van der Waals surface area contributed by atoms with E-state index >= 15 is 0 Å². The molecule has 114 valence electrons. The van der Waals surface area contributed by atoms with E-state index in [1.807, 2.05) is 11.3 Å². The number of likely N-dealkylation sites (tertiary alicyclic amines) is 1. The molecular weight excluding hydrogens is 268 g/mol. The van der Waals surface area contributed by atoms with Gasteiger partial charge in [-0.3, -0.25) is 4.90 Å². The first-order valence-electron chi connectivity index (χ1n) is 7.77. The third kappa shape index (κ3) is 3.71. The van der Waals surface area contributed by atoms with Gasteiger partial charge < -0.3 is 10.2 Å². The highest BCUT2D eigenvalue weighted by atomic mass is 32.1. The standard InChI is InChI=1S/C15H28N4S/c1-5-16-10-14-12(3)17-15(20-14)18(4)11-13-8-7-9-19(13)6-2/h13,16H,5-11H2,1-4H3. The van der Waals surface area contributed by atoms with Gasteiger partial charge in [-0.1, -0.05) is 13.8 Å². The van der Waals surface area contributed by atoms with E-state index in [1.165, 1.54) is 41.6 Å². The molecule has 1 atom stereocenters. The van der Waals surface area contributed by atoms with Crippen molar-refractivity contribution in [3.63, 3.8) is 0 Å². The van der Waals surface area contributed by atoms with Crippen LogP contribution in [0.15, 0.2) is 0 Å². The maximum atomic E-state index is 4.74. The SMILES string of the molecule is CCNCc1sc(N(C)CC2CCCN2CC)nc1C. The van der Waals surface area contributed by atoms with Crippen LogP contribution in [0.5, 0.6) is 0 Å². The monoisotopic (exact) mass is 296 g/mol. The van der Waals surface area contributed by atoms with Crippen molar-refractivity contribution >= 4 is 16.5 Å². The van der Waals surface area contributed by atoms with Crippen LogP contribution in [-0.2, 0) is 6.54 Å². The Kier molecular flexibility index (Phi) is 5.81. The summed E-state index contributed by atoms with van der Waals surface area (Å²) in [7, 11) is 2.18. The summed E-state index contributed by atoms with van der Waals surface area (Å²) in [4.78, 5) is 11.0. The summed E-state index contributed by atoms with van der Waals surface area (Å²) >= 11 is 1.83. The molecule has 5 heteroatoms. The zero-order valence-corrected chi connectivity index (χ0v) is 14.1. The van der Waals surface area contributed by atoms with E-state index in [-0.39, 0.29) is 0 Å². The van der Waals surface area contributed by atoms with Crippen LogP contribution >= 0.6 is 11.3 Å². The normalized spacial score (nSPS) is 19.7. The highest BCUT2D eigenvalue weighted by Crippen LogP contribution is 2.27. The number of aromatic nitrogens is 1. The van der Waals surface area contributed by atoms with E-state index in [1.54, 1.807) is 0 Å². The second-order valence-corrected chi connectivity index (χ2v) is 6.65. The summed E-state index contributed by atoms with van der Waals surface area (Å²) in [5, 5.41) is 4.56. The molecule has 0 saturated carbocycles. The number of rotatable bonds is 7. The largest absolute Gasteiger partial charge is 0.350 e. The molecule has 0 aromatic carbocycles. The van der Waals surface area contributed by atoms with Crippen LogP contribution in [0.4, 0.5) is 5.13 Å². The molecule has 0 spiro atoms. The second-order valence-electron chi connectivity index (χ2n) is 5.59. The number of likely N-dealkylation sites (N-methyl/N-ethyl adjacent to an activating group) is 2. The molecule has 1 aliphatic rings. The molecule has 1 saturated heterocycles. The van der Waals surface area contributed by atoms with Crippen LogP contribution in [0.3, 0.4) is 0 Å². The molecule has 1 aromatic rings. The zero-order chi connectivity index (χ0) is 14.5. The van der Waals surface area contributed by atoms with Crippen LogP contribution in [0.25, 0.3) is 0 Å². The molecule has 0 radical (unpaired) electrons. The maximum absolute atomic E-state index is 4.74. The van der Waals surface area contributed by atoms with Crippen molar-refractivity contribution in [2.24, 2.45) is 0 Å². The molecule has 2 rings (SSSR count). The van der Waals surface area contributed by atoms with Gasteiger partial charge in [0.05, 0.1) is 5.69 Å². The molecule has 4 nitrogen and oxygen atoms in total. The van der Waals surface area contributed by atoms with Gasteiger partial charge in [0, 0.05) is 31.1 Å². The smallest absolute Gasteiger partial charge is 0.185 e. The minimum absolute atomic E-state index is 0.700. The molecule has 1 aliphatic heterocycles. The number of anilines is 1. The first-order chi connectivity index (χ1) is 9.65. The average molecular weight is 296 g/mol. The molecule has 2 heterocycles. The van der Waals surface area contributed by atoms with E-state index in [0.29, 0.717) is 6.04 Å². The van der Waals surface area contributed by atoms with Crippen molar-refractivity contribution in [1.82, 2.24) is 15.2 Å². The van der Waals surface area contributed by atoms with E-state index in [2.05, 4.69) is 42.9 Å². The summed E-state index contributed by atoms with van der Waals surface area (Å²) < 4.78 is 0. The first-order valence-corrected chi connectivity index (χ1v) is 8.59. The minimum atomic E-state index is 0.700. The van der Waals surface area contributed by atoms with Gasteiger partial charge in [0.1, 0.15) is 0 Å². The van der Waals surface area contributed by atoms with E-state index in [4.69, 9.17) is 4.98 Å². The van der Waals surface area contributed by atoms with Gasteiger partial charge in [-0.15, -0.1) is 11.3 Å². The highest BCUT2D eigenvalue weighted by Gasteiger charge is 2.25. The van der Waals surface area contributed by atoms with Gasteiger partial charge in [-0.05, 0) is 39.4 Å². The summed E-state index contributed by atoms with van der Waals surface area (Å²) in [6.07, 6.45) is 2.67. The fourth-order valence-corrected chi connectivity index (χ4v) is 3.89. The number of nitrogens with zero attached hydrogens (tertiary/aromatic N) is 3. The Balaban J connectivity index is 1.96. The van der Waals surface area contributed by atoms with Gasteiger partial charge >= 0.3 is 0 Å². The number of thiazole rings is 1. The summed E-state index contributed by atoms with van der Waals surface area (Å²) in [6, 6.07) is 0.700. The van der Waals surface area contributed by atoms with Crippen molar-refractivity contribution in [3.8, 4) is 0 Å². The van der Waals surface area contributed by atoms with Crippen molar-refractivity contribution in [3.05, 3.63) is 10.6 Å². The van der Waals surface area contributed by atoms with Crippen LogP contribution in [0.2, 0.25) is 0 Å². The molecule has 1 N–H and O–H groups in total. The molecule has 0 aliphatic carbocycles. The lowest BCUT2D eigenvalue weighted by Gasteiger charge is -2.27. The lowest BCUT2D eigenvalue weighted by Crippen LogP contribution is -2.38. The summed E-state index contributed by atoms with van der Waals surface area (Å²) in [6.45, 7) is 12.0. The second kappa shape index (κ2) is 7.38. The minimum Gasteiger partial charge on any atom is -0.350 e. The van der Waals surface area contributed by atoms with E-state index < -0.39 is 0 Å². The topological polar surface area (TPSA) is 31.4 Å². The van der Waals surface area contributed by atoms with Crippen LogP contribution in [-0.4, -0.2) is 49.2 Å². The predicted molar refractivity (Wildman–Crippen MR) is 87.8 cm³/mol. The Morgan fingerprint density at radius 2 is 2.25 bits per heavy atom. The van der Waals surface area contributed by atoms with Crippen molar-refractivity contribution in [1.29, 1.82) is 0 Å². The number of aryl methyl sites for hydroxylation is 1. The molecule has 1 unspecified atom stereocenters. The van der Waals surface area contributed by atoms with Gasteiger partial charge in [0.25, 0.3) is 0 Å². The van der Waals surface area contributed by atoms with E-state index in [9.17, 15) is 0 Å². The quantitative estimate of drug-likeness (QED) is 0.837. The van der Waals surface area contributed by atoms with Gasteiger partial charge in [-0.25, -0.2) is 4.98 Å². The zero-order valence-electron chi connectivity index (χ0n) is 13.3. The van der Waals surface area contributed by atoms with E-state index in [0.717, 1.165) is 19.6 Å². The Bertz CT molecular complexity index is 418. The van der Waals surface area contributed by atoms with Gasteiger partial charge in [0.15, 0.2) is 5.13 Å². The molecule has 1 fully saturated rings. The Labute approximate surface area is 127 Å². The van der Waals surface area contributed by atoms with Crippen molar-refractivity contribution < 1.29 is 0 Å². The maximum Gasteiger partial charge on any atom is 0.185 e. The Morgan fingerprint density at radius 1 is 1.45 bits per heavy atom. The van der Waals surface area contributed by atoms with Crippen LogP contribution in [0.1, 0.15) is 37.3 Å². The fourth-order valence-electron chi connectivity index (χ4n) is 2.89. The molecule has 0 amide bonds. The van der Waals surface area contributed by atoms with Gasteiger partial charge in [-0.2, -0.15) is 0 Å². The van der Waals surface area contributed by atoms with Crippen LogP contribution in [0, 0.1) is 6.92 Å². The molecule has 1 aromatic heterocycles. The average Bonchev–Trinajstić information content (AvgIpc) is 3.03. The lowest BCUT2D eigenvalue weighted by atomic mass is 10.2. The summed E-state index contributed by atoms with van der Waals surface area (Å²) in [5.74, 6) is 0. The molecular formula is C15H28N4S. The Hall–Kier alpha value is -0.650.